The van der Waals surface area contributed by atoms with Crippen LogP contribution in [0.4, 0.5) is 5.82 Å². The number of carbonyl (C=O) groups excluding carboxylic acids is 2. The number of anilines is 1. The first-order chi connectivity index (χ1) is 17.6. The first-order valence-corrected chi connectivity index (χ1v) is 12.2. The summed E-state index contributed by atoms with van der Waals surface area (Å²) in [7, 11) is 3.46. The average molecular weight is 489 g/mol. The topological polar surface area (TPSA) is 119 Å². The molecule has 2 amide bonds. The maximum atomic E-state index is 13.1. The summed E-state index contributed by atoms with van der Waals surface area (Å²) in [5, 5.41) is 10.6. The molecule has 5 heterocycles. The molecule has 2 fully saturated rings. The Bertz CT molecular complexity index is 1420. The van der Waals surface area contributed by atoms with Crippen LogP contribution in [0.15, 0.2) is 36.8 Å². The molecule has 6 rings (SSSR count). The smallest absolute Gasteiger partial charge is 0.257 e. The van der Waals surface area contributed by atoms with Gasteiger partial charge in [-0.3, -0.25) is 9.59 Å². The molecule has 2 aromatic heterocycles. The van der Waals surface area contributed by atoms with Crippen LogP contribution in [0.3, 0.4) is 0 Å². The van der Waals surface area contributed by atoms with Gasteiger partial charge >= 0.3 is 0 Å². The summed E-state index contributed by atoms with van der Waals surface area (Å²) in [5.74, 6) is 1.28. The Morgan fingerprint density at radius 3 is 2.75 bits per heavy atom. The highest BCUT2D eigenvalue weighted by Crippen LogP contribution is 2.34. The van der Waals surface area contributed by atoms with Gasteiger partial charge in [-0.1, -0.05) is 0 Å². The van der Waals surface area contributed by atoms with Crippen LogP contribution in [0, 0.1) is 0 Å². The van der Waals surface area contributed by atoms with E-state index in [4.69, 9.17) is 9.72 Å². The summed E-state index contributed by atoms with van der Waals surface area (Å²) in [6.45, 7) is 1.89. The molecule has 11 nitrogen and oxygen atoms in total. The number of hydrogen-bond donors (Lipinski definition) is 2. The number of hydrogen-bond acceptors (Lipinski definition) is 7. The van der Waals surface area contributed by atoms with E-state index in [1.54, 1.807) is 31.1 Å². The van der Waals surface area contributed by atoms with Crippen molar-refractivity contribution in [2.45, 2.75) is 38.0 Å². The number of ether oxygens (including phenoxy) is 1. The van der Waals surface area contributed by atoms with E-state index < -0.39 is 0 Å². The minimum absolute atomic E-state index is 0.0120. The SMILES string of the molecule is CNc1cc(-c2cnc3n(CC(=O)N4CCC4)cccc2-3)nc2c(C(=O)N[C@@H]3CC[C@H]3OC)cnn12. The number of pyridine rings is 1. The molecule has 186 valence electrons. The third-order valence-corrected chi connectivity index (χ3v) is 7.24. The second kappa shape index (κ2) is 8.90. The zero-order chi connectivity index (χ0) is 24.8. The molecule has 4 aliphatic rings. The Hall–Kier alpha value is -3.99. The van der Waals surface area contributed by atoms with Crippen LogP contribution in [-0.2, 0) is 16.1 Å². The Labute approximate surface area is 207 Å². The third-order valence-electron chi connectivity index (χ3n) is 7.24. The maximum absolute atomic E-state index is 13.1. The molecule has 36 heavy (non-hydrogen) atoms. The molecule has 0 unspecified atom stereocenters. The lowest BCUT2D eigenvalue weighted by atomic mass is 9.89. The maximum Gasteiger partial charge on any atom is 0.257 e. The van der Waals surface area contributed by atoms with Gasteiger partial charge in [-0.2, -0.15) is 9.61 Å². The highest BCUT2D eigenvalue weighted by molar-refractivity contribution is 6.00. The van der Waals surface area contributed by atoms with E-state index in [0.29, 0.717) is 22.7 Å². The lowest BCUT2D eigenvalue weighted by Gasteiger charge is -2.35. The van der Waals surface area contributed by atoms with Crippen molar-refractivity contribution in [3.63, 3.8) is 0 Å². The van der Waals surface area contributed by atoms with Gasteiger partial charge in [-0.15, -0.1) is 0 Å². The zero-order valence-corrected chi connectivity index (χ0v) is 20.3. The Morgan fingerprint density at radius 2 is 2.06 bits per heavy atom. The van der Waals surface area contributed by atoms with Gasteiger partial charge in [0, 0.05) is 56.8 Å². The molecule has 1 aliphatic carbocycles. The molecule has 0 aromatic carbocycles. The average Bonchev–Trinajstić information content (AvgIpc) is 3.45. The number of rotatable bonds is 7. The fraction of sp³-hybridized carbons (Fsp3) is 0.400. The van der Waals surface area contributed by atoms with Gasteiger partial charge in [0.05, 0.1) is 24.0 Å². The van der Waals surface area contributed by atoms with Crippen LogP contribution in [0.25, 0.3) is 28.3 Å². The number of aromatic nitrogens is 5. The minimum atomic E-state index is -0.226. The highest BCUT2D eigenvalue weighted by Gasteiger charge is 2.33. The first-order valence-electron chi connectivity index (χ1n) is 12.2. The lowest BCUT2D eigenvalue weighted by molar-refractivity contribution is -0.135. The summed E-state index contributed by atoms with van der Waals surface area (Å²) >= 11 is 0. The van der Waals surface area contributed by atoms with Gasteiger partial charge in [-0.25, -0.2) is 9.97 Å². The second-order valence-corrected chi connectivity index (χ2v) is 9.28. The summed E-state index contributed by atoms with van der Waals surface area (Å²) in [5.41, 5.74) is 3.22. The zero-order valence-electron chi connectivity index (χ0n) is 20.3. The molecule has 2 atom stereocenters. The van der Waals surface area contributed by atoms with Crippen LogP contribution in [0.2, 0.25) is 0 Å². The molecular weight excluding hydrogens is 460 g/mol. The van der Waals surface area contributed by atoms with Crippen molar-refractivity contribution in [1.29, 1.82) is 0 Å². The van der Waals surface area contributed by atoms with Gasteiger partial charge in [0.25, 0.3) is 5.91 Å². The molecule has 11 heteroatoms. The minimum Gasteiger partial charge on any atom is -0.379 e. The van der Waals surface area contributed by atoms with Crippen molar-refractivity contribution in [1.82, 2.24) is 34.4 Å². The van der Waals surface area contributed by atoms with Crippen LogP contribution in [0.5, 0.6) is 0 Å². The quantitative estimate of drug-likeness (QED) is 0.408. The molecule has 1 saturated carbocycles. The molecular formula is C25H28N8O3. The summed E-state index contributed by atoms with van der Waals surface area (Å²) < 4.78 is 8.91. The standard InChI is InChI=1S/C25H28N8O3/c1-26-21-11-19(29-24-17(13-28-33(21)24)25(35)30-18-6-7-20(18)36-2)16-12-27-23-15(16)5-3-8-32(23)14-22(34)31-9-4-10-31/h3,5,8,11-13,18,20,26H,4,6-7,9-10,14H2,1-2H3,(H,30,35)/t18-,20-/m1/s1. The highest BCUT2D eigenvalue weighted by atomic mass is 16.5. The van der Waals surface area contributed by atoms with Crippen molar-refractivity contribution in [3.8, 4) is 22.6 Å². The lowest BCUT2D eigenvalue weighted by Crippen LogP contribution is -2.51. The van der Waals surface area contributed by atoms with Gasteiger partial charge in [0.2, 0.25) is 5.91 Å². The Balaban J connectivity index is 1.34. The van der Waals surface area contributed by atoms with Crippen molar-refractivity contribution >= 4 is 23.3 Å². The monoisotopic (exact) mass is 488 g/mol. The van der Waals surface area contributed by atoms with Crippen LogP contribution in [-0.4, -0.2) is 80.3 Å². The molecule has 0 bridgehead atoms. The fourth-order valence-electron chi connectivity index (χ4n) is 4.84. The number of carbonyl (C=O) groups is 2. The van der Waals surface area contributed by atoms with E-state index >= 15 is 0 Å². The first kappa shape index (κ1) is 22.5. The third kappa shape index (κ3) is 3.67. The largest absolute Gasteiger partial charge is 0.379 e. The van der Waals surface area contributed by atoms with Crippen molar-refractivity contribution in [3.05, 3.63) is 42.4 Å². The second-order valence-electron chi connectivity index (χ2n) is 9.28. The van der Waals surface area contributed by atoms with Crippen LogP contribution in [0.1, 0.15) is 29.6 Å². The van der Waals surface area contributed by atoms with Crippen LogP contribution < -0.4 is 10.6 Å². The van der Waals surface area contributed by atoms with E-state index in [1.807, 2.05) is 33.9 Å². The van der Waals surface area contributed by atoms with Crippen molar-refractivity contribution in [2.75, 3.05) is 32.6 Å². The van der Waals surface area contributed by atoms with Gasteiger partial charge in [0.1, 0.15) is 23.8 Å². The number of likely N-dealkylation sites (tertiary alicyclic amines) is 1. The molecule has 3 aliphatic heterocycles. The van der Waals surface area contributed by atoms with Gasteiger partial charge in [-0.05, 0) is 31.4 Å². The summed E-state index contributed by atoms with van der Waals surface area (Å²) in [4.78, 5) is 37.0. The number of fused-ring (bicyclic) bond motifs is 2. The fourth-order valence-corrected chi connectivity index (χ4v) is 4.84. The van der Waals surface area contributed by atoms with Crippen molar-refractivity contribution < 1.29 is 14.3 Å². The summed E-state index contributed by atoms with van der Waals surface area (Å²) in [6, 6.07) is 5.76. The van der Waals surface area contributed by atoms with E-state index in [9.17, 15) is 9.59 Å². The normalized spacial score (nSPS) is 19.2. The molecule has 2 aromatic rings. The Kier molecular flexibility index (Phi) is 5.56. The van der Waals surface area contributed by atoms with E-state index in [0.717, 1.165) is 49.3 Å². The predicted molar refractivity (Wildman–Crippen MR) is 133 cm³/mol. The van der Waals surface area contributed by atoms with Crippen molar-refractivity contribution in [2.24, 2.45) is 0 Å². The number of nitrogens with zero attached hydrogens (tertiary/aromatic N) is 6. The number of methoxy groups -OCH3 is 1. The molecule has 2 N–H and O–H groups in total. The predicted octanol–water partition coefficient (Wildman–Crippen LogP) is 1.88. The van der Waals surface area contributed by atoms with E-state index in [-0.39, 0.29) is 30.5 Å². The molecule has 1 saturated heterocycles. The summed E-state index contributed by atoms with van der Waals surface area (Å²) in [6.07, 6.45) is 8.09. The number of nitrogens with one attached hydrogen (secondary N) is 2. The van der Waals surface area contributed by atoms with Crippen LogP contribution >= 0.6 is 0 Å². The Morgan fingerprint density at radius 1 is 1.19 bits per heavy atom. The molecule has 0 spiro atoms. The van der Waals surface area contributed by atoms with E-state index in [2.05, 4.69) is 20.7 Å². The van der Waals surface area contributed by atoms with Gasteiger partial charge in [0.15, 0.2) is 5.65 Å². The van der Waals surface area contributed by atoms with E-state index in [1.165, 1.54) is 0 Å². The van der Waals surface area contributed by atoms with Gasteiger partial charge < -0.3 is 24.8 Å². The molecule has 0 radical (unpaired) electrons. The number of amides is 2.